The molecule has 0 aliphatic rings. The molecule has 0 saturated heterocycles. The highest BCUT2D eigenvalue weighted by atomic mass is 32.2. The first-order chi connectivity index (χ1) is 6.63. The predicted octanol–water partition coefficient (Wildman–Crippen LogP) is 2.71. The summed E-state index contributed by atoms with van der Waals surface area (Å²) in [5.74, 6) is 0. The molecule has 0 bridgehead atoms. The SMILES string of the molecule is CC(C#N)Sc1cccc(C(C)N)c1. The van der Waals surface area contributed by atoms with Crippen LogP contribution in [0.4, 0.5) is 0 Å². The van der Waals surface area contributed by atoms with Crippen molar-refractivity contribution in [2.24, 2.45) is 5.73 Å². The summed E-state index contributed by atoms with van der Waals surface area (Å²) in [7, 11) is 0. The minimum Gasteiger partial charge on any atom is -0.324 e. The molecule has 3 heteroatoms. The number of nitriles is 1. The molecule has 0 aromatic heterocycles. The Morgan fingerprint density at radius 1 is 1.43 bits per heavy atom. The fraction of sp³-hybridized carbons (Fsp3) is 0.364. The maximum absolute atomic E-state index is 8.68. The molecule has 74 valence electrons. The van der Waals surface area contributed by atoms with Crippen LogP contribution in [-0.2, 0) is 0 Å². The molecular formula is C11H14N2S. The van der Waals surface area contributed by atoms with Gasteiger partial charge in [-0.05, 0) is 31.5 Å². The molecule has 0 radical (unpaired) electrons. The smallest absolute Gasteiger partial charge is 0.0935 e. The zero-order valence-electron chi connectivity index (χ0n) is 8.40. The first kappa shape index (κ1) is 11.1. The zero-order chi connectivity index (χ0) is 10.6. The van der Waals surface area contributed by atoms with Gasteiger partial charge in [0.1, 0.15) is 0 Å². The maximum atomic E-state index is 8.68. The van der Waals surface area contributed by atoms with E-state index in [1.807, 2.05) is 38.1 Å². The molecule has 0 aliphatic carbocycles. The van der Waals surface area contributed by atoms with Gasteiger partial charge in [0.15, 0.2) is 0 Å². The van der Waals surface area contributed by atoms with Crippen molar-refractivity contribution < 1.29 is 0 Å². The largest absolute Gasteiger partial charge is 0.324 e. The molecule has 0 heterocycles. The Balaban J connectivity index is 2.79. The van der Waals surface area contributed by atoms with E-state index in [2.05, 4.69) is 6.07 Å². The average Bonchev–Trinajstić information content (AvgIpc) is 2.18. The van der Waals surface area contributed by atoms with Crippen LogP contribution in [0.15, 0.2) is 29.2 Å². The van der Waals surface area contributed by atoms with Crippen molar-refractivity contribution in [3.05, 3.63) is 29.8 Å². The van der Waals surface area contributed by atoms with Crippen LogP contribution in [0.1, 0.15) is 25.5 Å². The second-order valence-corrected chi connectivity index (χ2v) is 4.66. The molecule has 0 spiro atoms. The lowest BCUT2D eigenvalue weighted by molar-refractivity contribution is 0.815. The van der Waals surface area contributed by atoms with Gasteiger partial charge < -0.3 is 5.73 Å². The van der Waals surface area contributed by atoms with Crippen LogP contribution in [0.5, 0.6) is 0 Å². The second-order valence-electron chi connectivity index (χ2n) is 3.25. The number of nitrogens with two attached hydrogens (primary N) is 1. The molecule has 2 N–H and O–H groups in total. The van der Waals surface area contributed by atoms with Crippen molar-refractivity contribution in [1.29, 1.82) is 5.26 Å². The van der Waals surface area contributed by atoms with E-state index in [9.17, 15) is 0 Å². The van der Waals surface area contributed by atoms with Gasteiger partial charge in [-0.15, -0.1) is 11.8 Å². The van der Waals surface area contributed by atoms with Crippen LogP contribution in [0.2, 0.25) is 0 Å². The third kappa shape index (κ3) is 3.06. The van der Waals surface area contributed by atoms with Crippen molar-refractivity contribution in [3.63, 3.8) is 0 Å². The van der Waals surface area contributed by atoms with E-state index in [1.54, 1.807) is 11.8 Å². The van der Waals surface area contributed by atoms with Gasteiger partial charge in [0.25, 0.3) is 0 Å². The molecule has 1 rings (SSSR count). The Morgan fingerprint density at radius 2 is 2.14 bits per heavy atom. The molecule has 0 saturated carbocycles. The van der Waals surface area contributed by atoms with E-state index in [1.165, 1.54) is 0 Å². The minimum absolute atomic E-state index is 0.0154. The van der Waals surface area contributed by atoms with E-state index in [4.69, 9.17) is 11.0 Å². The van der Waals surface area contributed by atoms with E-state index in [0.717, 1.165) is 10.5 Å². The van der Waals surface area contributed by atoms with Crippen LogP contribution in [0.25, 0.3) is 0 Å². The number of rotatable bonds is 3. The summed E-state index contributed by atoms with van der Waals surface area (Å²) in [4.78, 5) is 1.11. The summed E-state index contributed by atoms with van der Waals surface area (Å²) in [5.41, 5.74) is 6.88. The third-order valence-electron chi connectivity index (χ3n) is 1.88. The van der Waals surface area contributed by atoms with E-state index in [-0.39, 0.29) is 11.3 Å². The topological polar surface area (TPSA) is 49.8 Å². The van der Waals surface area contributed by atoms with Crippen LogP contribution >= 0.6 is 11.8 Å². The molecule has 2 nitrogen and oxygen atoms in total. The molecule has 2 unspecified atom stereocenters. The highest BCUT2D eigenvalue weighted by molar-refractivity contribution is 8.00. The van der Waals surface area contributed by atoms with Gasteiger partial charge in [0.2, 0.25) is 0 Å². The van der Waals surface area contributed by atoms with Crippen molar-refractivity contribution in [3.8, 4) is 6.07 Å². The number of hydrogen-bond donors (Lipinski definition) is 1. The fourth-order valence-electron chi connectivity index (χ4n) is 1.10. The number of hydrogen-bond acceptors (Lipinski definition) is 3. The Hall–Kier alpha value is -0.980. The maximum Gasteiger partial charge on any atom is 0.0935 e. The molecule has 0 amide bonds. The molecule has 0 aliphatic heterocycles. The molecule has 0 fully saturated rings. The second kappa shape index (κ2) is 5.04. The van der Waals surface area contributed by atoms with Crippen molar-refractivity contribution in [1.82, 2.24) is 0 Å². The zero-order valence-corrected chi connectivity index (χ0v) is 9.21. The van der Waals surface area contributed by atoms with E-state index < -0.39 is 0 Å². The van der Waals surface area contributed by atoms with Crippen LogP contribution < -0.4 is 5.73 Å². The summed E-state index contributed by atoms with van der Waals surface area (Å²) in [6, 6.07) is 10.3. The summed E-state index contributed by atoms with van der Waals surface area (Å²) < 4.78 is 0. The number of thioether (sulfide) groups is 1. The first-order valence-corrected chi connectivity index (χ1v) is 5.43. The normalized spacial score (nSPS) is 14.4. The molecule has 1 aromatic rings. The Morgan fingerprint density at radius 3 is 2.71 bits per heavy atom. The van der Waals surface area contributed by atoms with Gasteiger partial charge in [-0.2, -0.15) is 5.26 Å². The van der Waals surface area contributed by atoms with Crippen LogP contribution in [-0.4, -0.2) is 5.25 Å². The van der Waals surface area contributed by atoms with Gasteiger partial charge in [-0.25, -0.2) is 0 Å². The predicted molar refractivity (Wildman–Crippen MR) is 60.0 cm³/mol. The van der Waals surface area contributed by atoms with Crippen LogP contribution in [0, 0.1) is 11.3 Å². The third-order valence-corrected chi connectivity index (χ3v) is 2.86. The number of nitrogens with zero attached hydrogens (tertiary/aromatic N) is 1. The lowest BCUT2D eigenvalue weighted by Crippen LogP contribution is -2.04. The molecule has 14 heavy (non-hydrogen) atoms. The summed E-state index contributed by atoms with van der Waals surface area (Å²) in [5, 5.41) is 8.66. The first-order valence-electron chi connectivity index (χ1n) is 4.55. The highest BCUT2D eigenvalue weighted by Crippen LogP contribution is 2.24. The Labute approximate surface area is 89.1 Å². The minimum atomic E-state index is -0.0154. The van der Waals surface area contributed by atoms with Crippen molar-refractivity contribution in [2.75, 3.05) is 0 Å². The summed E-state index contributed by atoms with van der Waals surface area (Å²) in [6.07, 6.45) is 0. The standard InChI is InChI=1S/C11H14N2S/c1-8(7-12)14-11-5-3-4-10(6-11)9(2)13/h3-6,8-9H,13H2,1-2H3. The van der Waals surface area contributed by atoms with Gasteiger partial charge >= 0.3 is 0 Å². The van der Waals surface area contributed by atoms with Gasteiger partial charge in [-0.3, -0.25) is 0 Å². The lowest BCUT2D eigenvalue weighted by Gasteiger charge is -2.08. The van der Waals surface area contributed by atoms with Crippen LogP contribution in [0.3, 0.4) is 0 Å². The Kier molecular flexibility index (Phi) is 3.99. The van der Waals surface area contributed by atoms with E-state index in [0.29, 0.717) is 0 Å². The highest BCUT2D eigenvalue weighted by Gasteiger charge is 2.04. The monoisotopic (exact) mass is 206 g/mol. The number of benzene rings is 1. The summed E-state index contributed by atoms with van der Waals surface area (Å²) in [6.45, 7) is 3.85. The van der Waals surface area contributed by atoms with Gasteiger partial charge in [0, 0.05) is 10.9 Å². The van der Waals surface area contributed by atoms with E-state index >= 15 is 0 Å². The van der Waals surface area contributed by atoms with Gasteiger partial charge in [-0.1, -0.05) is 12.1 Å². The van der Waals surface area contributed by atoms with Crippen molar-refractivity contribution >= 4 is 11.8 Å². The van der Waals surface area contributed by atoms with Crippen molar-refractivity contribution in [2.45, 2.75) is 30.0 Å². The fourth-order valence-corrected chi connectivity index (χ4v) is 1.92. The molecule has 2 atom stereocenters. The van der Waals surface area contributed by atoms with Gasteiger partial charge in [0.05, 0.1) is 11.3 Å². The summed E-state index contributed by atoms with van der Waals surface area (Å²) >= 11 is 1.56. The molecule has 1 aromatic carbocycles. The quantitative estimate of drug-likeness (QED) is 0.773. The average molecular weight is 206 g/mol. The lowest BCUT2D eigenvalue weighted by atomic mass is 10.1. The Bertz CT molecular complexity index is 341. The molecular weight excluding hydrogens is 192 g/mol.